The van der Waals surface area contributed by atoms with Gasteiger partial charge in [0.15, 0.2) is 0 Å². The summed E-state index contributed by atoms with van der Waals surface area (Å²) in [4.78, 5) is 42.5. The van der Waals surface area contributed by atoms with Gasteiger partial charge >= 0.3 is 5.97 Å². The van der Waals surface area contributed by atoms with Crippen LogP contribution in [0.25, 0.3) is 0 Å². The second-order valence-electron chi connectivity index (χ2n) is 8.07. The summed E-state index contributed by atoms with van der Waals surface area (Å²) < 4.78 is 4.77. The van der Waals surface area contributed by atoms with E-state index in [9.17, 15) is 14.4 Å². The number of nitrogen functional groups attached to an aromatic ring is 1. The molecule has 1 heterocycles. The van der Waals surface area contributed by atoms with Gasteiger partial charge in [-0.15, -0.1) is 0 Å². The maximum atomic E-state index is 12.5. The van der Waals surface area contributed by atoms with Gasteiger partial charge in [-0.1, -0.05) is 48.5 Å². The number of oxime groups is 1. The van der Waals surface area contributed by atoms with Gasteiger partial charge in [-0.05, 0) is 29.7 Å². The lowest BCUT2D eigenvalue weighted by molar-refractivity contribution is -0.142. The molecule has 2 aromatic rings. The average molecular weight is 480 g/mol. The fraction of sp³-hybridized carbons (Fsp3) is 0.320. The first-order valence-electron chi connectivity index (χ1n) is 11.2. The van der Waals surface area contributed by atoms with Crippen LogP contribution in [0, 0.1) is 5.41 Å². The molecule has 1 unspecified atom stereocenters. The van der Waals surface area contributed by atoms with Crippen LogP contribution in [0.3, 0.4) is 0 Å². The van der Waals surface area contributed by atoms with Crippen molar-refractivity contribution in [2.75, 3.05) is 13.7 Å². The summed E-state index contributed by atoms with van der Waals surface area (Å²) in [6, 6.07) is 13.0. The molecule has 10 heteroatoms. The number of carbonyl (C=O) groups excluding carboxylic acids is 3. The minimum atomic E-state index is -1.04. The summed E-state index contributed by atoms with van der Waals surface area (Å²) in [7, 11) is 1.22. The highest BCUT2D eigenvalue weighted by Crippen LogP contribution is 2.19. The van der Waals surface area contributed by atoms with Gasteiger partial charge in [0.1, 0.15) is 18.0 Å². The highest BCUT2D eigenvalue weighted by atomic mass is 16.6. The van der Waals surface area contributed by atoms with Gasteiger partial charge in [0.05, 0.1) is 19.2 Å². The van der Waals surface area contributed by atoms with E-state index in [-0.39, 0.29) is 24.7 Å². The third-order valence-electron chi connectivity index (χ3n) is 5.59. The fourth-order valence-corrected chi connectivity index (χ4v) is 3.51. The van der Waals surface area contributed by atoms with E-state index in [0.717, 1.165) is 17.5 Å². The lowest BCUT2D eigenvalue weighted by Crippen LogP contribution is -2.49. The van der Waals surface area contributed by atoms with E-state index in [0.29, 0.717) is 23.3 Å². The van der Waals surface area contributed by atoms with E-state index in [1.54, 1.807) is 36.4 Å². The van der Waals surface area contributed by atoms with Crippen LogP contribution in [0.4, 0.5) is 0 Å². The summed E-state index contributed by atoms with van der Waals surface area (Å²) >= 11 is 0. The molecule has 0 fully saturated rings. The Morgan fingerprint density at radius 3 is 2.40 bits per heavy atom. The number of esters is 1. The van der Waals surface area contributed by atoms with Crippen molar-refractivity contribution in [2.24, 2.45) is 10.9 Å². The van der Waals surface area contributed by atoms with Crippen LogP contribution >= 0.6 is 0 Å². The number of carbonyl (C=O) groups is 3. The van der Waals surface area contributed by atoms with Gasteiger partial charge in [0.25, 0.3) is 5.91 Å². The van der Waals surface area contributed by atoms with Gasteiger partial charge in [0.2, 0.25) is 5.91 Å². The van der Waals surface area contributed by atoms with E-state index in [1.807, 2.05) is 19.1 Å². The zero-order valence-corrected chi connectivity index (χ0v) is 19.7. The van der Waals surface area contributed by atoms with Gasteiger partial charge < -0.3 is 25.9 Å². The zero-order valence-electron chi connectivity index (χ0n) is 19.7. The molecule has 0 radical (unpaired) electrons. The zero-order chi connectivity index (χ0) is 25.4. The Kier molecular flexibility index (Phi) is 8.55. The third-order valence-corrected chi connectivity index (χ3v) is 5.59. The van der Waals surface area contributed by atoms with Crippen molar-refractivity contribution >= 4 is 29.3 Å². The predicted molar refractivity (Wildman–Crippen MR) is 130 cm³/mol. The second-order valence-corrected chi connectivity index (χ2v) is 8.07. The van der Waals surface area contributed by atoms with Crippen molar-refractivity contribution in [2.45, 2.75) is 38.3 Å². The number of nitrogens with two attached hydrogens (primary N) is 1. The van der Waals surface area contributed by atoms with Crippen molar-refractivity contribution in [1.82, 2.24) is 10.6 Å². The summed E-state index contributed by atoms with van der Waals surface area (Å²) in [5.74, 6) is -1.48. The van der Waals surface area contributed by atoms with E-state index >= 15 is 0 Å². The number of nitrogens with zero attached hydrogens (tertiary/aromatic N) is 1. The van der Waals surface area contributed by atoms with Crippen LogP contribution < -0.4 is 16.4 Å². The molecule has 10 nitrogen and oxygen atoms in total. The van der Waals surface area contributed by atoms with Crippen LogP contribution in [0.1, 0.15) is 46.8 Å². The molecule has 2 amide bonds. The minimum absolute atomic E-state index is 0.0217. The molecule has 2 atom stereocenters. The summed E-state index contributed by atoms with van der Waals surface area (Å²) in [6.07, 6.45) is 0.847. The normalized spacial score (nSPS) is 15.4. The molecular formula is C25H29N5O5. The summed E-state index contributed by atoms with van der Waals surface area (Å²) in [6.45, 7) is 1.89. The molecule has 35 heavy (non-hydrogen) atoms. The summed E-state index contributed by atoms with van der Waals surface area (Å²) in [5, 5.41) is 16.8. The predicted octanol–water partition coefficient (Wildman–Crippen LogP) is 1.50. The number of hydrogen-bond acceptors (Lipinski definition) is 7. The van der Waals surface area contributed by atoms with Crippen LogP contribution in [-0.2, 0) is 25.6 Å². The van der Waals surface area contributed by atoms with Gasteiger partial charge in [-0.25, -0.2) is 4.79 Å². The first kappa shape index (κ1) is 25.4. The highest BCUT2D eigenvalue weighted by molar-refractivity contribution is 6.03. The Labute approximate surface area is 203 Å². The molecule has 0 aliphatic carbocycles. The first-order chi connectivity index (χ1) is 16.8. The van der Waals surface area contributed by atoms with Crippen molar-refractivity contribution in [3.8, 4) is 0 Å². The Bertz CT molecular complexity index is 1110. The van der Waals surface area contributed by atoms with E-state index in [4.69, 9.17) is 20.7 Å². The van der Waals surface area contributed by atoms with Crippen LogP contribution in [0.5, 0.6) is 0 Å². The molecule has 0 spiro atoms. The molecular weight excluding hydrogens is 450 g/mol. The number of nitrogens with one attached hydrogen (secondary N) is 3. The van der Waals surface area contributed by atoms with E-state index in [2.05, 4.69) is 15.8 Å². The number of methoxy groups -OCH3 is 1. The van der Waals surface area contributed by atoms with Gasteiger partial charge in [-0.2, -0.15) is 0 Å². The number of ether oxygens (including phenoxy) is 1. The van der Waals surface area contributed by atoms with E-state index < -0.39 is 24.0 Å². The largest absolute Gasteiger partial charge is 0.467 e. The molecule has 184 valence electrons. The maximum absolute atomic E-state index is 12.5. The van der Waals surface area contributed by atoms with Crippen LogP contribution in [-0.4, -0.2) is 55.1 Å². The number of rotatable bonds is 10. The van der Waals surface area contributed by atoms with Gasteiger partial charge in [-0.3, -0.25) is 15.0 Å². The lowest BCUT2D eigenvalue weighted by Gasteiger charge is -2.18. The Balaban J connectivity index is 1.50. The third kappa shape index (κ3) is 6.89. The van der Waals surface area contributed by atoms with Crippen molar-refractivity contribution in [1.29, 1.82) is 5.41 Å². The molecule has 0 bridgehead atoms. The first-order valence-corrected chi connectivity index (χ1v) is 11.2. The minimum Gasteiger partial charge on any atom is -0.467 e. The fourth-order valence-electron chi connectivity index (χ4n) is 3.51. The monoisotopic (exact) mass is 479 g/mol. The average Bonchev–Trinajstić information content (AvgIpc) is 3.34. The van der Waals surface area contributed by atoms with Crippen LogP contribution in [0.2, 0.25) is 0 Å². The molecule has 0 saturated carbocycles. The maximum Gasteiger partial charge on any atom is 0.330 e. The molecule has 0 saturated heterocycles. The SMILES string of the molecule is CCc1ccc(C(=O)N[C@H](CNC(=O)CC2CC(c3ccc(C(=N)N)cc3)=NO2)C(=O)OC)cc1. The standard InChI is InChI=1S/C25H29N5O5/c1-3-15-4-6-18(7-5-15)24(32)29-21(25(33)34-2)14-28-22(31)13-19-12-20(30-35-19)16-8-10-17(11-9-16)23(26)27/h4-11,19,21H,3,12-14H2,1-2H3,(H3,26,27)(H,28,31)(H,29,32)/t19?,21-/m1/s1. The number of amidine groups is 1. The Hall–Kier alpha value is -4.21. The van der Waals surface area contributed by atoms with Crippen molar-refractivity contribution < 1.29 is 24.0 Å². The van der Waals surface area contributed by atoms with Gasteiger partial charge in [0, 0.05) is 24.1 Å². The van der Waals surface area contributed by atoms with E-state index in [1.165, 1.54) is 7.11 Å². The van der Waals surface area contributed by atoms with Crippen molar-refractivity contribution in [3.05, 3.63) is 70.8 Å². The van der Waals surface area contributed by atoms with Crippen LogP contribution in [0.15, 0.2) is 53.7 Å². The molecule has 3 rings (SSSR count). The number of amides is 2. The molecule has 2 aromatic carbocycles. The quantitative estimate of drug-likeness (QED) is 0.230. The smallest absolute Gasteiger partial charge is 0.330 e. The molecule has 1 aliphatic heterocycles. The topological polar surface area (TPSA) is 156 Å². The summed E-state index contributed by atoms with van der Waals surface area (Å²) in [5.41, 5.74) is 9.08. The van der Waals surface area contributed by atoms with Crippen molar-refractivity contribution in [3.63, 3.8) is 0 Å². The number of aryl methyl sites for hydroxylation is 1. The highest BCUT2D eigenvalue weighted by Gasteiger charge is 2.27. The molecule has 1 aliphatic rings. The molecule has 0 aromatic heterocycles. The number of benzene rings is 2. The lowest BCUT2D eigenvalue weighted by atomic mass is 10.0. The number of hydrogen-bond donors (Lipinski definition) is 4. The Morgan fingerprint density at radius 2 is 1.80 bits per heavy atom. The Morgan fingerprint density at radius 1 is 1.14 bits per heavy atom. The second kappa shape index (κ2) is 11.8. The molecule has 5 N–H and O–H groups in total.